The van der Waals surface area contributed by atoms with Crippen molar-refractivity contribution >= 4 is 11.6 Å². The summed E-state index contributed by atoms with van der Waals surface area (Å²) in [5.41, 5.74) is 3.79. The van der Waals surface area contributed by atoms with Crippen LogP contribution >= 0.6 is 0 Å². The molecule has 3 rings (SSSR count). The largest absolute Gasteiger partial charge is 0.457 e. The molecule has 3 heteroatoms. The molecular formula is C25H27NO2. The first kappa shape index (κ1) is 19.7. The van der Waals surface area contributed by atoms with Crippen molar-refractivity contribution in [3.63, 3.8) is 0 Å². The number of hydrogen-bond acceptors (Lipinski definition) is 2. The van der Waals surface area contributed by atoms with E-state index in [-0.39, 0.29) is 5.91 Å². The molecule has 0 spiro atoms. The molecule has 0 aliphatic carbocycles. The summed E-state index contributed by atoms with van der Waals surface area (Å²) in [4.78, 5) is 13.0. The molecule has 0 fully saturated rings. The van der Waals surface area contributed by atoms with Crippen LogP contribution in [-0.4, -0.2) is 5.91 Å². The zero-order chi connectivity index (χ0) is 20.1. The van der Waals surface area contributed by atoms with E-state index in [1.807, 2.05) is 42.5 Å². The monoisotopic (exact) mass is 373 g/mol. The normalized spacial score (nSPS) is 10.9. The molecule has 0 atom stereocenters. The summed E-state index contributed by atoms with van der Waals surface area (Å²) < 4.78 is 5.86. The standard InChI is InChI=1S/C25H27NO2/c1-17(2)22-14-9-15-23(18(3)4)24(22)26-25(27)19-10-8-13-21(16-19)28-20-11-6-5-7-12-20/h5-18H,1-4H3,(H,26,27). The molecule has 0 aliphatic heterocycles. The van der Waals surface area contributed by atoms with Gasteiger partial charge in [0, 0.05) is 11.3 Å². The minimum Gasteiger partial charge on any atom is -0.457 e. The Bertz CT molecular complexity index is 920. The van der Waals surface area contributed by atoms with Gasteiger partial charge in [0.2, 0.25) is 0 Å². The van der Waals surface area contributed by atoms with Gasteiger partial charge in [-0.15, -0.1) is 0 Å². The van der Waals surface area contributed by atoms with Crippen molar-refractivity contribution in [2.45, 2.75) is 39.5 Å². The Morgan fingerprint density at radius 1 is 0.750 bits per heavy atom. The summed E-state index contributed by atoms with van der Waals surface area (Å²) in [5.74, 6) is 1.89. The molecule has 0 radical (unpaired) electrons. The molecule has 0 bridgehead atoms. The first-order chi connectivity index (χ1) is 13.5. The van der Waals surface area contributed by atoms with Gasteiger partial charge in [-0.3, -0.25) is 4.79 Å². The molecular weight excluding hydrogens is 346 g/mol. The van der Waals surface area contributed by atoms with E-state index in [9.17, 15) is 4.79 Å². The van der Waals surface area contributed by atoms with Crippen LogP contribution in [0, 0.1) is 0 Å². The Balaban J connectivity index is 1.87. The van der Waals surface area contributed by atoms with Gasteiger partial charge in [-0.05, 0) is 53.3 Å². The van der Waals surface area contributed by atoms with Crippen LogP contribution in [0.4, 0.5) is 5.69 Å². The van der Waals surface area contributed by atoms with Crippen LogP contribution in [0.5, 0.6) is 11.5 Å². The molecule has 0 aromatic heterocycles. The number of anilines is 1. The SMILES string of the molecule is CC(C)c1cccc(C(C)C)c1NC(=O)c1cccc(Oc2ccccc2)c1. The lowest BCUT2D eigenvalue weighted by molar-refractivity contribution is 0.102. The second-order valence-electron chi connectivity index (χ2n) is 7.52. The first-order valence-corrected chi connectivity index (χ1v) is 9.73. The van der Waals surface area contributed by atoms with Crippen LogP contribution in [0.3, 0.4) is 0 Å². The Morgan fingerprint density at radius 2 is 1.32 bits per heavy atom. The van der Waals surface area contributed by atoms with Crippen LogP contribution in [0.15, 0.2) is 72.8 Å². The van der Waals surface area contributed by atoms with Crippen molar-refractivity contribution in [2.75, 3.05) is 5.32 Å². The molecule has 0 unspecified atom stereocenters. The third-order valence-electron chi connectivity index (χ3n) is 4.69. The summed E-state index contributed by atoms with van der Waals surface area (Å²) in [7, 11) is 0. The van der Waals surface area contributed by atoms with Gasteiger partial charge in [0.05, 0.1) is 0 Å². The molecule has 0 aliphatic rings. The second-order valence-corrected chi connectivity index (χ2v) is 7.52. The number of para-hydroxylation sites is 2. The van der Waals surface area contributed by atoms with Crippen molar-refractivity contribution in [3.05, 3.63) is 89.5 Å². The maximum atomic E-state index is 13.0. The quantitative estimate of drug-likeness (QED) is 0.506. The molecule has 1 amide bonds. The Hall–Kier alpha value is -3.07. The third-order valence-corrected chi connectivity index (χ3v) is 4.69. The zero-order valence-corrected chi connectivity index (χ0v) is 16.9. The van der Waals surface area contributed by atoms with Gasteiger partial charge in [-0.25, -0.2) is 0 Å². The number of rotatable bonds is 6. The van der Waals surface area contributed by atoms with Gasteiger partial charge in [-0.1, -0.05) is 70.2 Å². The highest BCUT2D eigenvalue weighted by Gasteiger charge is 2.17. The van der Waals surface area contributed by atoms with Crippen molar-refractivity contribution in [1.29, 1.82) is 0 Å². The second kappa shape index (κ2) is 8.75. The Kier molecular flexibility index (Phi) is 6.15. The number of nitrogens with one attached hydrogen (secondary N) is 1. The maximum Gasteiger partial charge on any atom is 0.255 e. The number of amides is 1. The molecule has 0 saturated heterocycles. The van der Waals surface area contributed by atoms with E-state index in [1.54, 1.807) is 12.1 Å². The fourth-order valence-electron chi connectivity index (χ4n) is 3.21. The lowest BCUT2D eigenvalue weighted by Gasteiger charge is -2.20. The Labute approximate surface area is 167 Å². The summed E-state index contributed by atoms with van der Waals surface area (Å²) >= 11 is 0. The van der Waals surface area contributed by atoms with Crippen LogP contribution in [0.2, 0.25) is 0 Å². The summed E-state index contributed by atoms with van der Waals surface area (Å²) in [6, 6.07) is 23.1. The number of carbonyl (C=O) groups excluding carboxylic acids is 1. The lowest BCUT2D eigenvalue weighted by Crippen LogP contribution is -2.16. The van der Waals surface area contributed by atoms with Crippen molar-refractivity contribution in [3.8, 4) is 11.5 Å². The fourth-order valence-corrected chi connectivity index (χ4v) is 3.21. The third kappa shape index (κ3) is 4.61. The highest BCUT2D eigenvalue weighted by Crippen LogP contribution is 2.33. The van der Waals surface area contributed by atoms with E-state index in [0.717, 1.165) is 22.6 Å². The minimum absolute atomic E-state index is 0.131. The minimum atomic E-state index is -0.131. The average Bonchev–Trinajstić information content (AvgIpc) is 2.68. The first-order valence-electron chi connectivity index (χ1n) is 9.73. The van der Waals surface area contributed by atoms with Gasteiger partial charge in [0.15, 0.2) is 0 Å². The van der Waals surface area contributed by atoms with Crippen LogP contribution in [-0.2, 0) is 0 Å². The topological polar surface area (TPSA) is 38.3 Å². The molecule has 0 saturated carbocycles. The lowest BCUT2D eigenvalue weighted by atomic mass is 9.92. The van der Waals surface area contributed by atoms with Gasteiger partial charge >= 0.3 is 0 Å². The van der Waals surface area contributed by atoms with Crippen molar-refractivity contribution < 1.29 is 9.53 Å². The van der Waals surface area contributed by atoms with E-state index in [4.69, 9.17) is 4.74 Å². The maximum absolute atomic E-state index is 13.0. The molecule has 144 valence electrons. The van der Waals surface area contributed by atoms with Crippen molar-refractivity contribution in [2.24, 2.45) is 0 Å². The number of benzene rings is 3. The van der Waals surface area contributed by atoms with E-state index in [0.29, 0.717) is 23.1 Å². The van der Waals surface area contributed by atoms with E-state index < -0.39 is 0 Å². The van der Waals surface area contributed by atoms with E-state index in [1.165, 1.54) is 0 Å². The predicted molar refractivity (Wildman–Crippen MR) is 116 cm³/mol. The predicted octanol–water partition coefficient (Wildman–Crippen LogP) is 6.98. The van der Waals surface area contributed by atoms with Crippen LogP contribution in [0.1, 0.15) is 61.0 Å². The molecule has 3 aromatic rings. The van der Waals surface area contributed by atoms with E-state index >= 15 is 0 Å². The number of ether oxygens (including phenoxy) is 1. The zero-order valence-electron chi connectivity index (χ0n) is 16.9. The molecule has 3 nitrogen and oxygen atoms in total. The fraction of sp³-hybridized carbons (Fsp3) is 0.240. The highest BCUT2D eigenvalue weighted by atomic mass is 16.5. The molecule has 0 heterocycles. The van der Waals surface area contributed by atoms with Gasteiger partial charge in [-0.2, -0.15) is 0 Å². The smallest absolute Gasteiger partial charge is 0.255 e. The van der Waals surface area contributed by atoms with Crippen LogP contribution < -0.4 is 10.1 Å². The van der Waals surface area contributed by atoms with Gasteiger partial charge in [0.25, 0.3) is 5.91 Å². The number of hydrogen-bond donors (Lipinski definition) is 1. The van der Waals surface area contributed by atoms with Crippen molar-refractivity contribution in [1.82, 2.24) is 0 Å². The van der Waals surface area contributed by atoms with Gasteiger partial charge < -0.3 is 10.1 Å². The van der Waals surface area contributed by atoms with E-state index in [2.05, 4.69) is 51.2 Å². The summed E-state index contributed by atoms with van der Waals surface area (Å²) in [6.45, 7) is 8.57. The van der Waals surface area contributed by atoms with Crippen LogP contribution in [0.25, 0.3) is 0 Å². The van der Waals surface area contributed by atoms with Gasteiger partial charge in [0.1, 0.15) is 11.5 Å². The molecule has 28 heavy (non-hydrogen) atoms. The number of carbonyl (C=O) groups is 1. The Morgan fingerprint density at radius 3 is 1.93 bits per heavy atom. The average molecular weight is 373 g/mol. The molecule has 1 N–H and O–H groups in total. The highest BCUT2D eigenvalue weighted by molar-refractivity contribution is 6.05. The molecule has 3 aromatic carbocycles. The summed E-state index contributed by atoms with van der Waals surface area (Å²) in [5, 5.41) is 3.15. The summed E-state index contributed by atoms with van der Waals surface area (Å²) in [6.07, 6.45) is 0.